The lowest BCUT2D eigenvalue weighted by molar-refractivity contribution is -0.107. The third kappa shape index (κ3) is 2.72. The largest absolute Gasteiger partial charge is 0.318 e. The molecule has 0 N–H and O–H groups in total. The number of nitrogens with zero attached hydrogens (tertiary/aromatic N) is 1. The molecule has 2 unspecified atom stereocenters. The van der Waals surface area contributed by atoms with E-state index >= 15 is 0 Å². The van der Waals surface area contributed by atoms with E-state index in [-0.39, 0.29) is 11.7 Å². The third-order valence-corrected chi connectivity index (χ3v) is 4.07. The molecule has 0 spiro atoms. The predicted octanol–water partition coefficient (Wildman–Crippen LogP) is 3.27. The Morgan fingerprint density at radius 2 is 1.76 bits per heavy atom. The first-order chi connectivity index (χ1) is 10.2. The zero-order chi connectivity index (χ0) is 14.8. The summed E-state index contributed by atoms with van der Waals surface area (Å²) in [5, 5.41) is 0. The van der Waals surface area contributed by atoms with E-state index in [9.17, 15) is 9.59 Å². The molecule has 3 rings (SSSR count). The lowest BCUT2D eigenvalue weighted by atomic mass is 10.0. The molecule has 0 bridgehead atoms. The molecule has 0 radical (unpaired) electrons. The van der Waals surface area contributed by atoms with Gasteiger partial charge >= 0.3 is 0 Å². The molecule has 1 aliphatic rings. The average molecular weight is 279 g/mol. The second kappa shape index (κ2) is 5.52. The number of hydrogen-bond donors (Lipinski definition) is 0. The van der Waals surface area contributed by atoms with Crippen LogP contribution in [0.25, 0.3) is 0 Å². The molecule has 1 amide bonds. The summed E-state index contributed by atoms with van der Waals surface area (Å²) in [7, 11) is 1.69. The molecule has 0 heterocycles. The number of anilines is 1. The van der Waals surface area contributed by atoms with Crippen LogP contribution in [0.1, 0.15) is 28.3 Å². The summed E-state index contributed by atoms with van der Waals surface area (Å²) in [5.74, 6) is 0.655. The highest BCUT2D eigenvalue weighted by atomic mass is 16.1. The van der Waals surface area contributed by atoms with Crippen LogP contribution in [0.5, 0.6) is 0 Å². The number of hydrogen-bond acceptors (Lipinski definition) is 2. The van der Waals surface area contributed by atoms with Gasteiger partial charge in [-0.05, 0) is 42.2 Å². The number of benzene rings is 2. The fourth-order valence-electron chi connectivity index (χ4n) is 2.69. The minimum Gasteiger partial charge on any atom is -0.318 e. The molecular weight excluding hydrogens is 262 g/mol. The standard InChI is InChI=1S/C18H17NO2/c1-19(12-20)15-9-7-14(8-10-15)18(21)17-11-16(17)13-5-3-2-4-6-13/h2-10,12,16-17H,11H2,1H3. The molecule has 1 saturated carbocycles. The Morgan fingerprint density at radius 3 is 2.38 bits per heavy atom. The van der Waals surface area contributed by atoms with Gasteiger partial charge < -0.3 is 4.90 Å². The van der Waals surface area contributed by atoms with Gasteiger partial charge in [0.25, 0.3) is 0 Å². The molecule has 0 saturated heterocycles. The van der Waals surface area contributed by atoms with E-state index in [4.69, 9.17) is 0 Å². The summed E-state index contributed by atoms with van der Waals surface area (Å²) in [6.07, 6.45) is 1.68. The summed E-state index contributed by atoms with van der Waals surface area (Å²) in [6, 6.07) is 17.4. The molecule has 2 aromatic rings. The van der Waals surface area contributed by atoms with E-state index < -0.39 is 0 Å². The second-order valence-corrected chi connectivity index (χ2v) is 5.49. The second-order valence-electron chi connectivity index (χ2n) is 5.49. The van der Waals surface area contributed by atoms with Crippen molar-refractivity contribution in [3.63, 3.8) is 0 Å². The molecular formula is C18H17NO2. The molecule has 0 aliphatic heterocycles. The molecule has 2 atom stereocenters. The van der Waals surface area contributed by atoms with Crippen LogP contribution < -0.4 is 4.90 Å². The van der Waals surface area contributed by atoms with Gasteiger partial charge in [-0.2, -0.15) is 0 Å². The average Bonchev–Trinajstić information content (AvgIpc) is 3.35. The fourth-order valence-corrected chi connectivity index (χ4v) is 2.69. The number of carbonyl (C=O) groups excluding carboxylic acids is 2. The van der Waals surface area contributed by atoms with Crippen molar-refractivity contribution in [1.82, 2.24) is 0 Å². The number of rotatable bonds is 5. The van der Waals surface area contributed by atoms with Gasteiger partial charge in [-0.1, -0.05) is 30.3 Å². The zero-order valence-corrected chi connectivity index (χ0v) is 11.9. The summed E-state index contributed by atoms with van der Waals surface area (Å²) < 4.78 is 0. The first kappa shape index (κ1) is 13.6. The van der Waals surface area contributed by atoms with E-state index in [0.717, 1.165) is 24.1 Å². The lowest BCUT2D eigenvalue weighted by Gasteiger charge is -2.10. The van der Waals surface area contributed by atoms with Gasteiger partial charge in [0.15, 0.2) is 5.78 Å². The Kier molecular flexibility index (Phi) is 3.57. The monoisotopic (exact) mass is 279 g/mol. The van der Waals surface area contributed by atoms with Crippen molar-refractivity contribution in [3.8, 4) is 0 Å². The van der Waals surface area contributed by atoms with Crippen molar-refractivity contribution >= 4 is 17.9 Å². The van der Waals surface area contributed by atoms with Crippen LogP contribution in [-0.2, 0) is 4.79 Å². The quantitative estimate of drug-likeness (QED) is 0.622. The highest BCUT2D eigenvalue weighted by Crippen LogP contribution is 2.49. The summed E-state index contributed by atoms with van der Waals surface area (Å²) in [6.45, 7) is 0. The van der Waals surface area contributed by atoms with E-state index in [1.165, 1.54) is 10.5 Å². The Labute approximate surface area is 124 Å². The number of carbonyl (C=O) groups is 2. The third-order valence-electron chi connectivity index (χ3n) is 4.07. The van der Waals surface area contributed by atoms with E-state index in [0.29, 0.717) is 5.92 Å². The molecule has 2 aromatic carbocycles. The summed E-state index contributed by atoms with van der Waals surface area (Å²) >= 11 is 0. The van der Waals surface area contributed by atoms with E-state index in [2.05, 4.69) is 12.1 Å². The number of Topliss-reactive ketones (excluding diaryl/α,β-unsaturated/α-hetero) is 1. The summed E-state index contributed by atoms with van der Waals surface area (Å²) in [4.78, 5) is 24.6. The van der Waals surface area contributed by atoms with Crippen LogP contribution in [0.3, 0.4) is 0 Å². The van der Waals surface area contributed by atoms with E-state index in [1.54, 1.807) is 19.2 Å². The van der Waals surface area contributed by atoms with Gasteiger partial charge in [0, 0.05) is 24.2 Å². The van der Waals surface area contributed by atoms with Gasteiger partial charge in [0.1, 0.15) is 0 Å². The highest BCUT2D eigenvalue weighted by Gasteiger charge is 2.43. The van der Waals surface area contributed by atoms with E-state index in [1.807, 2.05) is 30.3 Å². The van der Waals surface area contributed by atoms with Crippen LogP contribution >= 0.6 is 0 Å². The zero-order valence-electron chi connectivity index (χ0n) is 11.9. The van der Waals surface area contributed by atoms with Gasteiger partial charge in [0.05, 0.1) is 0 Å². The predicted molar refractivity (Wildman–Crippen MR) is 82.5 cm³/mol. The van der Waals surface area contributed by atoms with Gasteiger partial charge in [0.2, 0.25) is 6.41 Å². The first-order valence-corrected chi connectivity index (χ1v) is 7.08. The highest BCUT2D eigenvalue weighted by molar-refractivity contribution is 6.00. The van der Waals surface area contributed by atoms with Crippen molar-refractivity contribution in [2.24, 2.45) is 5.92 Å². The smallest absolute Gasteiger partial charge is 0.213 e. The number of ketones is 1. The Balaban J connectivity index is 1.71. The molecule has 0 aromatic heterocycles. The SMILES string of the molecule is CN(C=O)c1ccc(C(=O)C2CC2c2ccccc2)cc1. The molecule has 3 nitrogen and oxygen atoms in total. The van der Waals surface area contributed by atoms with Crippen LogP contribution in [-0.4, -0.2) is 19.2 Å². The molecule has 21 heavy (non-hydrogen) atoms. The normalized spacial score (nSPS) is 19.9. The lowest BCUT2D eigenvalue weighted by Crippen LogP contribution is -2.13. The van der Waals surface area contributed by atoms with Gasteiger partial charge in [-0.25, -0.2) is 0 Å². The van der Waals surface area contributed by atoms with Gasteiger partial charge in [-0.3, -0.25) is 9.59 Å². The minimum absolute atomic E-state index is 0.0991. The van der Waals surface area contributed by atoms with Crippen molar-refractivity contribution < 1.29 is 9.59 Å². The molecule has 1 fully saturated rings. The maximum Gasteiger partial charge on any atom is 0.213 e. The van der Waals surface area contributed by atoms with Gasteiger partial charge in [-0.15, -0.1) is 0 Å². The maximum atomic E-state index is 12.5. The van der Waals surface area contributed by atoms with Crippen molar-refractivity contribution in [1.29, 1.82) is 0 Å². The van der Waals surface area contributed by atoms with Crippen molar-refractivity contribution in [2.75, 3.05) is 11.9 Å². The Morgan fingerprint density at radius 1 is 1.10 bits per heavy atom. The first-order valence-electron chi connectivity index (χ1n) is 7.08. The van der Waals surface area contributed by atoms with Crippen LogP contribution in [0, 0.1) is 5.92 Å². The van der Waals surface area contributed by atoms with Crippen LogP contribution in [0.15, 0.2) is 54.6 Å². The summed E-state index contributed by atoms with van der Waals surface area (Å²) in [5.41, 5.74) is 2.76. The van der Waals surface area contributed by atoms with Crippen molar-refractivity contribution in [3.05, 3.63) is 65.7 Å². The number of amides is 1. The molecule has 3 heteroatoms. The van der Waals surface area contributed by atoms with Crippen molar-refractivity contribution in [2.45, 2.75) is 12.3 Å². The fraction of sp³-hybridized carbons (Fsp3) is 0.222. The molecule has 106 valence electrons. The minimum atomic E-state index is 0.0991. The maximum absolute atomic E-state index is 12.5. The van der Waals surface area contributed by atoms with Crippen LogP contribution in [0.4, 0.5) is 5.69 Å². The topological polar surface area (TPSA) is 37.4 Å². The molecule has 1 aliphatic carbocycles. The Bertz CT molecular complexity index is 649. The van der Waals surface area contributed by atoms with Crippen LogP contribution in [0.2, 0.25) is 0 Å². The Hall–Kier alpha value is -2.42.